The van der Waals surface area contributed by atoms with Gasteiger partial charge in [0.2, 0.25) is 0 Å². The van der Waals surface area contributed by atoms with Gasteiger partial charge in [-0.05, 0) is 60.6 Å². The zero-order valence-electron chi connectivity index (χ0n) is 17.8. The number of fused-ring (bicyclic) bond motifs is 2. The summed E-state index contributed by atoms with van der Waals surface area (Å²) in [7, 11) is 0. The van der Waals surface area contributed by atoms with Crippen LogP contribution in [-0.2, 0) is 19.4 Å². The van der Waals surface area contributed by atoms with E-state index in [4.69, 9.17) is 0 Å². The summed E-state index contributed by atoms with van der Waals surface area (Å²) in [6.07, 6.45) is 4.39. The molecule has 2 aliphatic heterocycles. The number of hydrogen-bond donors (Lipinski definition) is 1. The molecule has 1 amide bonds. The monoisotopic (exact) mass is 431 g/mol. The number of thiophene rings is 1. The van der Waals surface area contributed by atoms with Gasteiger partial charge < -0.3 is 10.2 Å². The minimum Gasteiger partial charge on any atom is -0.351 e. The minimum absolute atomic E-state index is 0.0468. The Bertz CT molecular complexity index is 1060. The molecule has 2 aromatic carbocycles. The highest BCUT2D eigenvalue weighted by atomic mass is 32.1. The maximum atomic E-state index is 12.7. The second-order valence-electron chi connectivity index (χ2n) is 8.43. The second kappa shape index (κ2) is 9.25. The van der Waals surface area contributed by atoms with Gasteiger partial charge in [0.15, 0.2) is 0 Å². The quantitative estimate of drug-likeness (QED) is 0.557. The summed E-state index contributed by atoms with van der Waals surface area (Å²) in [5.41, 5.74) is 5.61. The van der Waals surface area contributed by atoms with E-state index in [0.717, 1.165) is 68.3 Å². The predicted octanol–water partition coefficient (Wildman–Crippen LogP) is 5.01. The van der Waals surface area contributed by atoms with E-state index in [1.807, 2.05) is 6.07 Å². The molecular weight excluding hydrogens is 402 g/mol. The Hall–Kier alpha value is -2.63. The molecule has 0 bridgehead atoms. The number of aryl methyl sites for hydroxylation is 1. The molecule has 0 saturated heterocycles. The van der Waals surface area contributed by atoms with Gasteiger partial charge in [-0.3, -0.25) is 9.69 Å². The molecule has 3 aromatic rings. The Morgan fingerprint density at radius 2 is 1.71 bits per heavy atom. The van der Waals surface area contributed by atoms with Crippen LogP contribution < -0.4 is 10.2 Å². The number of amides is 1. The number of benzene rings is 2. The topological polar surface area (TPSA) is 35.6 Å². The van der Waals surface area contributed by atoms with E-state index in [9.17, 15) is 4.79 Å². The van der Waals surface area contributed by atoms with Crippen molar-refractivity contribution in [2.45, 2.75) is 32.2 Å². The van der Waals surface area contributed by atoms with Crippen molar-refractivity contribution in [3.8, 4) is 0 Å². The SMILES string of the molecule is O=C(NCCCN1CCc2ccccc2C1)c1ccc(N2CCCc3ccccc32)s1. The molecule has 3 heterocycles. The fourth-order valence-corrected chi connectivity index (χ4v) is 5.66. The van der Waals surface area contributed by atoms with Gasteiger partial charge in [-0.2, -0.15) is 0 Å². The third-order valence-electron chi connectivity index (χ3n) is 6.34. The van der Waals surface area contributed by atoms with Crippen LogP contribution >= 0.6 is 11.3 Å². The van der Waals surface area contributed by atoms with E-state index >= 15 is 0 Å². The highest BCUT2D eigenvalue weighted by molar-refractivity contribution is 7.18. The van der Waals surface area contributed by atoms with Crippen LogP contribution in [0.4, 0.5) is 10.7 Å². The number of carbonyl (C=O) groups excluding carboxylic acids is 1. The summed E-state index contributed by atoms with van der Waals surface area (Å²) in [6, 6.07) is 21.4. The number of anilines is 2. The Labute approximate surface area is 188 Å². The number of nitrogens with one attached hydrogen (secondary N) is 1. The first-order chi connectivity index (χ1) is 15.3. The van der Waals surface area contributed by atoms with Crippen LogP contribution in [0.5, 0.6) is 0 Å². The van der Waals surface area contributed by atoms with E-state index in [1.165, 1.54) is 22.4 Å². The maximum absolute atomic E-state index is 12.7. The van der Waals surface area contributed by atoms with Gasteiger partial charge in [-0.1, -0.05) is 42.5 Å². The fraction of sp³-hybridized carbons (Fsp3) is 0.346. The van der Waals surface area contributed by atoms with Crippen LogP contribution in [0.25, 0.3) is 0 Å². The molecule has 4 nitrogen and oxygen atoms in total. The minimum atomic E-state index is 0.0468. The van der Waals surface area contributed by atoms with Gasteiger partial charge in [0, 0.05) is 38.4 Å². The van der Waals surface area contributed by atoms with Crippen molar-refractivity contribution in [3.63, 3.8) is 0 Å². The van der Waals surface area contributed by atoms with Gasteiger partial charge in [0.05, 0.1) is 9.88 Å². The van der Waals surface area contributed by atoms with Crippen LogP contribution in [0.1, 0.15) is 39.2 Å². The lowest BCUT2D eigenvalue weighted by Gasteiger charge is -2.30. The average molecular weight is 432 g/mol. The lowest BCUT2D eigenvalue weighted by molar-refractivity contribution is 0.0955. The molecule has 0 fully saturated rings. The van der Waals surface area contributed by atoms with Crippen LogP contribution in [0.2, 0.25) is 0 Å². The van der Waals surface area contributed by atoms with E-state index in [0.29, 0.717) is 0 Å². The molecule has 31 heavy (non-hydrogen) atoms. The average Bonchev–Trinajstić information content (AvgIpc) is 3.31. The summed E-state index contributed by atoms with van der Waals surface area (Å²) >= 11 is 1.59. The molecule has 2 aliphatic rings. The summed E-state index contributed by atoms with van der Waals surface area (Å²) in [5.74, 6) is 0.0468. The molecule has 0 aliphatic carbocycles. The first-order valence-corrected chi connectivity index (χ1v) is 12.1. The van der Waals surface area contributed by atoms with E-state index in [2.05, 4.69) is 69.7 Å². The molecule has 1 N–H and O–H groups in total. The largest absolute Gasteiger partial charge is 0.351 e. The molecule has 0 atom stereocenters. The summed E-state index contributed by atoms with van der Waals surface area (Å²) in [5, 5.41) is 4.28. The predicted molar refractivity (Wildman–Crippen MR) is 128 cm³/mol. The summed E-state index contributed by atoms with van der Waals surface area (Å²) < 4.78 is 0. The fourth-order valence-electron chi connectivity index (χ4n) is 4.69. The van der Waals surface area contributed by atoms with Crippen LogP contribution in [0, 0.1) is 0 Å². The molecule has 0 spiro atoms. The lowest BCUT2D eigenvalue weighted by Crippen LogP contribution is -2.33. The number of hydrogen-bond acceptors (Lipinski definition) is 4. The Balaban J connectivity index is 1.12. The van der Waals surface area contributed by atoms with Crippen molar-refractivity contribution in [1.29, 1.82) is 0 Å². The van der Waals surface area contributed by atoms with E-state index in [1.54, 1.807) is 11.3 Å². The van der Waals surface area contributed by atoms with E-state index in [-0.39, 0.29) is 5.91 Å². The second-order valence-corrected chi connectivity index (χ2v) is 9.49. The first kappa shape index (κ1) is 20.3. The summed E-state index contributed by atoms with van der Waals surface area (Å²) in [4.78, 5) is 18.3. The smallest absolute Gasteiger partial charge is 0.261 e. The zero-order valence-corrected chi connectivity index (χ0v) is 18.7. The highest BCUT2D eigenvalue weighted by Gasteiger charge is 2.20. The molecular formula is C26H29N3OS. The Morgan fingerprint density at radius 3 is 2.61 bits per heavy atom. The van der Waals surface area contributed by atoms with Crippen molar-refractivity contribution in [2.75, 3.05) is 31.1 Å². The summed E-state index contributed by atoms with van der Waals surface area (Å²) in [6.45, 7) is 4.88. The maximum Gasteiger partial charge on any atom is 0.261 e. The Morgan fingerprint density at radius 1 is 0.903 bits per heavy atom. The van der Waals surface area contributed by atoms with Gasteiger partial charge in [-0.25, -0.2) is 0 Å². The normalized spacial score (nSPS) is 15.9. The van der Waals surface area contributed by atoms with Crippen molar-refractivity contribution < 1.29 is 4.79 Å². The first-order valence-electron chi connectivity index (χ1n) is 11.3. The van der Waals surface area contributed by atoms with Crippen LogP contribution in [-0.4, -0.2) is 37.0 Å². The standard InChI is InChI=1S/C26H29N3OS/c30-26(27-15-6-16-28-18-14-20-7-1-2-9-22(20)19-28)24-12-13-25(31-24)29-17-5-10-21-8-3-4-11-23(21)29/h1-4,7-9,11-13H,5-6,10,14-19H2,(H,27,30). The molecule has 5 rings (SSSR count). The molecule has 0 radical (unpaired) electrons. The van der Waals surface area contributed by atoms with Gasteiger partial charge in [-0.15, -0.1) is 11.3 Å². The van der Waals surface area contributed by atoms with Gasteiger partial charge >= 0.3 is 0 Å². The zero-order chi connectivity index (χ0) is 21.0. The molecule has 0 saturated carbocycles. The van der Waals surface area contributed by atoms with Crippen molar-refractivity contribution in [1.82, 2.24) is 10.2 Å². The van der Waals surface area contributed by atoms with Crippen molar-refractivity contribution in [2.24, 2.45) is 0 Å². The third kappa shape index (κ3) is 4.53. The molecule has 0 unspecified atom stereocenters. The van der Waals surface area contributed by atoms with Crippen LogP contribution in [0.15, 0.2) is 60.7 Å². The number of nitrogens with zero attached hydrogens (tertiary/aromatic N) is 2. The van der Waals surface area contributed by atoms with Gasteiger partial charge in [0.25, 0.3) is 5.91 Å². The number of para-hydroxylation sites is 1. The molecule has 1 aromatic heterocycles. The highest BCUT2D eigenvalue weighted by Crippen LogP contribution is 2.37. The molecule has 160 valence electrons. The lowest BCUT2D eigenvalue weighted by atomic mass is 10.00. The van der Waals surface area contributed by atoms with Crippen molar-refractivity contribution in [3.05, 3.63) is 82.2 Å². The number of rotatable bonds is 6. The van der Waals surface area contributed by atoms with E-state index < -0.39 is 0 Å². The van der Waals surface area contributed by atoms with Gasteiger partial charge in [0.1, 0.15) is 0 Å². The Kier molecular flexibility index (Phi) is 6.05. The molecule has 5 heteroatoms. The number of carbonyl (C=O) groups is 1. The van der Waals surface area contributed by atoms with Crippen molar-refractivity contribution >= 4 is 27.9 Å². The third-order valence-corrected chi connectivity index (χ3v) is 7.45. The van der Waals surface area contributed by atoms with Crippen LogP contribution in [0.3, 0.4) is 0 Å².